The normalized spacial score (nSPS) is 14.5. The minimum atomic E-state index is -0.195. The molecule has 0 amide bonds. The summed E-state index contributed by atoms with van der Waals surface area (Å²) in [6.07, 6.45) is 0.879. The number of ether oxygens (including phenoxy) is 2. The van der Waals surface area contributed by atoms with Crippen LogP contribution in [0.3, 0.4) is 0 Å². The molecule has 0 fully saturated rings. The first-order valence-corrected chi connectivity index (χ1v) is 9.20. The van der Waals surface area contributed by atoms with E-state index in [0.717, 1.165) is 65.3 Å². The summed E-state index contributed by atoms with van der Waals surface area (Å²) < 4.78 is 24.4. The Morgan fingerprint density at radius 2 is 2.00 bits per heavy atom. The number of methoxy groups -OCH3 is 1. The minimum absolute atomic E-state index is 0.195. The van der Waals surface area contributed by atoms with E-state index in [-0.39, 0.29) is 5.82 Å². The molecule has 1 aliphatic rings. The Morgan fingerprint density at radius 1 is 1.19 bits per heavy atom. The number of benzene rings is 2. The van der Waals surface area contributed by atoms with Crippen LogP contribution in [-0.2, 0) is 13.0 Å². The molecule has 0 saturated carbocycles. The molecule has 140 valence electrons. The molecule has 0 unspecified atom stereocenters. The van der Waals surface area contributed by atoms with E-state index in [2.05, 4.69) is 11.0 Å². The van der Waals surface area contributed by atoms with Gasteiger partial charge in [0.25, 0.3) is 0 Å². The van der Waals surface area contributed by atoms with Gasteiger partial charge in [0.2, 0.25) is 5.88 Å². The maximum Gasteiger partial charge on any atom is 0.218 e. The highest BCUT2D eigenvalue weighted by Crippen LogP contribution is 2.30. The third kappa shape index (κ3) is 3.88. The zero-order chi connectivity index (χ0) is 18.8. The van der Waals surface area contributed by atoms with Crippen molar-refractivity contribution in [2.75, 3.05) is 26.8 Å². The number of fused-ring (bicyclic) bond motifs is 2. The van der Waals surface area contributed by atoms with Crippen molar-refractivity contribution >= 4 is 10.9 Å². The number of aryl methyl sites for hydroxylation is 1. The van der Waals surface area contributed by atoms with Gasteiger partial charge in [-0.3, -0.25) is 4.90 Å². The maximum absolute atomic E-state index is 13.1. The first-order chi connectivity index (χ1) is 13.1. The topological polar surface area (TPSA) is 34.6 Å². The van der Waals surface area contributed by atoms with E-state index in [1.807, 2.05) is 31.2 Å². The number of pyridine rings is 1. The van der Waals surface area contributed by atoms with Crippen molar-refractivity contribution in [3.63, 3.8) is 0 Å². The molecule has 2 aromatic carbocycles. The van der Waals surface area contributed by atoms with E-state index in [1.54, 1.807) is 7.11 Å². The van der Waals surface area contributed by atoms with Gasteiger partial charge >= 0.3 is 0 Å². The lowest BCUT2D eigenvalue weighted by Crippen LogP contribution is -2.28. The van der Waals surface area contributed by atoms with Gasteiger partial charge in [0.1, 0.15) is 18.2 Å². The number of hydrogen-bond acceptors (Lipinski definition) is 4. The van der Waals surface area contributed by atoms with E-state index < -0.39 is 0 Å². The van der Waals surface area contributed by atoms with Crippen molar-refractivity contribution in [1.29, 1.82) is 0 Å². The molecule has 1 aromatic heterocycles. The zero-order valence-corrected chi connectivity index (χ0v) is 15.7. The van der Waals surface area contributed by atoms with Crippen LogP contribution in [-0.4, -0.2) is 36.7 Å². The Morgan fingerprint density at radius 3 is 2.78 bits per heavy atom. The Hall–Kier alpha value is -2.66. The monoisotopic (exact) mass is 366 g/mol. The molecule has 0 N–H and O–H groups in total. The summed E-state index contributed by atoms with van der Waals surface area (Å²) in [5.74, 6) is 1.36. The fourth-order valence-corrected chi connectivity index (χ4v) is 3.53. The van der Waals surface area contributed by atoms with Gasteiger partial charge in [-0.1, -0.05) is 12.1 Å². The van der Waals surface area contributed by atoms with Crippen LogP contribution in [0, 0.1) is 12.7 Å². The van der Waals surface area contributed by atoms with Crippen molar-refractivity contribution < 1.29 is 13.9 Å². The third-order valence-corrected chi connectivity index (χ3v) is 5.03. The molecule has 5 heteroatoms. The molecule has 0 radical (unpaired) electrons. The predicted octanol–water partition coefficient (Wildman–Crippen LogP) is 4.13. The summed E-state index contributed by atoms with van der Waals surface area (Å²) in [5.41, 5.74) is 4.26. The smallest absolute Gasteiger partial charge is 0.218 e. The first-order valence-electron chi connectivity index (χ1n) is 9.20. The van der Waals surface area contributed by atoms with Crippen LogP contribution in [0.1, 0.15) is 16.7 Å². The van der Waals surface area contributed by atoms with Gasteiger partial charge in [0.05, 0.1) is 12.6 Å². The molecule has 0 aliphatic carbocycles. The Labute approximate surface area is 158 Å². The van der Waals surface area contributed by atoms with Crippen LogP contribution in [0.15, 0.2) is 42.5 Å². The first kappa shape index (κ1) is 17.7. The van der Waals surface area contributed by atoms with E-state index >= 15 is 0 Å². The molecule has 4 nitrogen and oxygen atoms in total. The SMILES string of the molecule is COc1cc(C)c2nc3c(cc2c1)CN(CCc1ccc(F)cc1)CCO3. The molecule has 0 saturated heterocycles. The lowest BCUT2D eigenvalue weighted by Gasteiger charge is -2.19. The highest BCUT2D eigenvalue weighted by molar-refractivity contribution is 5.84. The van der Waals surface area contributed by atoms with Crippen LogP contribution >= 0.6 is 0 Å². The van der Waals surface area contributed by atoms with Gasteiger partial charge in [0.15, 0.2) is 0 Å². The van der Waals surface area contributed by atoms with Gasteiger partial charge in [-0.15, -0.1) is 0 Å². The molecular formula is C22H23FN2O2. The van der Waals surface area contributed by atoms with E-state index in [0.29, 0.717) is 6.61 Å². The van der Waals surface area contributed by atoms with Gasteiger partial charge in [-0.25, -0.2) is 9.37 Å². The van der Waals surface area contributed by atoms with E-state index in [4.69, 9.17) is 14.5 Å². The molecule has 2 heterocycles. The Bertz CT molecular complexity index is 957. The van der Waals surface area contributed by atoms with Crippen molar-refractivity contribution in [1.82, 2.24) is 9.88 Å². The molecule has 4 rings (SSSR count). The van der Waals surface area contributed by atoms with Gasteiger partial charge in [0, 0.05) is 30.6 Å². The van der Waals surface area contributed by atoms with Gasteiger partial charge in [-0.05, 0) is 54.8 Å². The van der Waals surface area contributed by atoms with Crippen molar-refractivity contribution in [3.05, 3.63) is 65.0 Å². The Kier molecular flexibility index (Phi) is 4.94. The Balaban J connectivity index is 1.56. The summed E-state index contributed by atoms with van der Waals surface area (Å²) in [7, 11) is 1.68. The summed E-state index contributed by atoms with van der Waals surface area (Å²) in [4.78, 5) is 7.12. The molecule has 0 spiro atoms. The van der Waals surface area contributed by atoms with Gasteiger partial charge < -0.3 is 9.47 Å². The van der Waals surface area contributed by atoms with Crippen LogP contribution in [0.25, 0.3) is 10.9 Å². The fraction of sp³-hybridized carbons (Fsp3) is 0.318. The summed E-state index contributed by atoms with van der Waals surface area (Å²) >= 11 is 0. The second-order valence-corrected chi connectivity index (χ2v) is 6.97. The molecular weight excluding hydrogens is 343 g/mol. The molecule has 0 atom stereocenters. The number of hydrogen-bond donors (Lipinski definition) is 0. The van der Waals surface area contributed by atoms with Gasteiger partial charge in [-0.2, -0.15) is 0 Å². The van der Waals surface area contributed by atoms with Crippen molar-refractivity contribution in [3.8, 4) is 11.6 Å². The second kappa shape index (κ2) is 7.53. The number of halogens is 1. The number of nitrogens with zero attached hydrogens (tertiary/aromatic N) is 2. The minimum Gasteiger partial charge on any atom is -0.497 e. The largest absolute Gasteiger partial charge is 0.497 e. The standard InChI is InChI=1S/C22H23FN2O2/c1-15-11-20(26-2)13-17-12-18-14-25(9-10-27-22(18)24-21(15)17)8-7-16-3-5-19(23)6-4-16/h3-6,11-13H,7-10,14H2,1-2H3. The fourth-order valence-electron chi connectivity index (χ4n) is 3.53. The highest BCUT2D eigenvalue weighted by atomic mass is 19.1. The van der Waals surface area contributed by atoms with Crippen LogP contribution < -0.4 is 9.47 Å². The lowest BCUT2D eigenvalue weighted by molar-refractivity contribution is 0.225. The average molecular weight is 366 g/mol. The summed E-state index contributed by atoms with van der Waals surface area (Å²) in [6.45, 7) is 5.18. The number of aromatic nitrogens is 1. The van der Waals surface area contributed by atoms with E-state index in [1.165, 1.54) is 12.1 Å². The maximum atomic E-state index is 13.1. The van der Waals surface area contributed by atoms with Crippen LogP contribution in [0.2, 0.25) is 0 Å². The van der Waals surface area contributed by atoms with Crippen molar-refractivity contribution in [2.24, 2.45) is 0 Å². The molecule has 0 bridgehead atoms. The summed E-state index contributed by atoms with van der Waals surface area (Å²) in [5, 5.41) is 1.06. The quantitative estimate of drug-likeness (QED) is 0.695. The zero-order valence-electron chi connectivity index (χ0n) is 15.7. The predicted molar refractivity (Wildman–Crippen MR) is 104 cm³/mol. The number of rotatable bonds is 4. The second-order valence-electron chi connectivity index (χ2n) is 6.97. The van der Waals surface area contributed by atoms with E-state index in [9.17, 15) is 4.39 Å². The highest BCUT2D eigenvalue weighted by Gasteiger charge is 2.18. The molecule has 27 heavy (non-hydrogen) atoms. The van der Waals surface area contributed by atoms with Crippen LogP contribution in [0.4, 0.5) is 4.39 Å². The third-order valence-electron chi connectivity index (χ3n) is 5.03. The summed E-state index contributed by atoms with van der Waals surface area (Å²) in [6, 6.07) is 12.9. The van der Waals surface area contributed by atoms with Crippen LogP contribution in [0.5, 0.6) is 11.6 Å². The lowest BCUT2D eigenvalue weighted by atomic mass is 10.1. The molecule has 3 aromatic rings. The average Bonchev–Trinajstić information content (AvgIpc) is 2.87. The molecule has 1 aliphatic heterocycles. The van der Waals surface area contributed by atoms with Crippen molar-refractivity contribution in [2.45, 2.75) is 19.9 Å².